The van der Waals surface area contributed by atoms with Gasteiger partial charge in [-0.15, -0.1) is 0 Å². The predicted molar refractivity (Wildman–Crippen MR) is 99.9 cm³/mol. The summed E-state index contributed by atoms with van der Waals surface area (Å²) in [5, 5.41) is 3.33. The first-order valence-corrected chi connectivity index (χ1v) is 9.05. The molecule has 2 aromatic rings. The van der Waals surface area contributed by atoms with E-state index in [1.54, 1.807) is 42.5 Å². The van der Waals surface area contributed by atoms with E-state index in [1.165, 1.54) is 0 Å². The Bertz CT molecular complexity index is 724. The number of imidazole rings is 1. The third-order valence-corrected chi connectivity index (χ3v) is 4.60. The van der Waals surface area contributed by atoms with Gasteiger partial charge in [0.15, 0.2) is 5.96 Å². The van der Waals surface area contributed by atoms with Crippen LogP contribution in [-0.2, 0) is 11.3 Å². The lowest BCUT2D eigenvalue weighted by atomic mass is 10.1. The van der Waals surface area contributed by atoms with Crippen molar-refractivity contribution in [1.29, 1.82) is 0 Å². The molecule has 0 spiro atoms. The van der Waals surface area contributed by atoms with Gasteiger partial charge in [0.25, 0.3) is 0 Å². The molecule has 140 valence electrons. The highest BCUT2D eigenvalue weighted by atomic mass is 19.1. The molecular weight excluding hydrogens is 333 g/mol. The van der Waals surface area contributed by atoms with E-state index in [9.17, 15) is 4.39 Å². The molecular formula is C19H26FN5O. The average molecular weight is 359 g/mol. The highest BCUT2D eigenvalue weighted by Gasteiger charge is 2.21. The van der Waals surface area contributed by atoms with Gasteiger partial charge in [-0.1, -0.05) is 6.07 Å². The highest BCUT2D eigenvalue weighted by molar-refractivity contribution is 5.80. The van der Waals surface area contributed by atoms with Gasteiger partial charge >= 0.3 is 0 Å². The number of likely N-dealkylation sites (tertiary alicyclic amines) is 1. The van der Waals surface area contributed by atoms with E-state index in [2.05, 4.69) is 20.2 Å². The number of nitrogens with zero attached hydrogens (tertiary/aromatic N) is 4. The van der Waals surface area contributed by atoms with Crippen molar-refractivity contribution in [2.24, 2.45) is 4.99 Å². The summed E-state index contributed by atoms with van der Waals surface area (Å²) in [6.45, 7) is 5.15. The Balaban J connectivity index is 1.57. The maximum atomic E-state index is 14.4. The van der Waals surface area contributed by atoms with Crippen LogP contribution in [0.5, 0.6) is 0 Å². The van der Waals surface area contributed by atoms with Crippen molar-refractivity contribution in [3.8, 4) is 5.69 Å². The summed E-state index contributed by atoms with van der Waals surface area (Å²) >= 11 is 0. The molecule has 1 N–H and O–H groups in total. The summed E-state index contributed by atoms with van der Waals surface area (Å²) in [4.78, 5) is 10.5. The molecule has 6 nitrogen and oxygen atoms in total. The maximum absolute atomic E-state index is 14.4. The Morgan fingerprint density at radius 3 is 2.81 bits per heavy atom. The molecule has 1 aliphatic heterocycles. The van der Waals surface area contributed by atoms with Gasteiger partial charge in [-0.2, -0.15) is 0 Å². The van der Waals surface area contributed by atoms with E-state index in [0.29, 0.717) is 18.3 Å². The number of halogens is 1. The Morgan fingerprint density at radius 1 is 1.38 bits per heavy atom. The monoisotopic (exact) mass is 359 g/mol. The van der Waals surface area contributed by atoms with Crippen LogP contribution in [0, 0.1) is 5.82 Å². The van der Waals surface area contributed by atoms with Gasteiger partial charge in [0.1, 0.15) is 5.82 Å². The second kappa shape index (κ2) is 8.80. The minimum atomic E-state index is -0.269. The molecule has 1 aromatic heterocycles. The molecule has 0 atom stereocenters. The summed E-state index contributed by atoms with van der Waals surface area (Å²) in [5.41, 5.74) is 1.37. The number of benzene rings is 1. The largest absolute Gasteiger partial charge is 0.378 e. The first kappa shape index (κ1) is 18.4. The molecule has 2 heterocycles. The van der Waals surface area contributed by atoms with Crippen molar-refractivity contribution < 1.29 is 9.13 Å². The Kier molecular flexibility index (Phi) is 6.22. The highest BCUT2D eigenvalue weighted by Crippen LogP contribution is 2.16. The molecule has 0 amide bonds. The molecule has 0 bridgehead atoms. The zero-order valence-electron chi connectivity index (χ0n) is 15.4. The number of hydrogen-bond donors (Lipinski definition) is 1. The quantitative estimate of drug-likeness (QED) is 0.659. The molecule has 1 saturated heterocycles. The van der Waals surface area contributed by atoms with Gasteiger partial charge < -0.3 is 19.5 Å². The predicted octanol–water partition coefficient (Wildman–Crippen LogP) is 2.59. The number of hydrogen-bond acceptors (Lipinski definition) is 3. The molecule has 1 fully saturated rings. The number of aliphatic imine (C=N–C) groups is 1. The van der Waals surface area contributed by atoms with Crippen molar-refractivity contribution in [1.82, 2.24) is 19.8 Å². The number of ether oxygens (including phenoxy) is 1. The normalized spacial score (nSPS) is 16.1. The standard InChI is InChI=1S/C19H26FN5O/c1-3-26-16-6-9-24(10-7-16)19(21-2)23-13-15-4-5-18(17(20)12-15)25-11-8-22-14-25/h4-5,8,11-12,14,16H,3,6-7,9-10,13H2,1-2H3,(H,21,23). The molecule has 0 saturated carbocycles. The lowest BCUT2D eigenvalue weighted by Crippen LogP contribution is -2.46. The fourth-order valence-electron chi connectivity index (χ4n) is 3.25. The Morgan fingerprint density at radius 2 is 2.19 bits per heavy atom. The number of aromatic nitrogens is 2. The number of rotatable bonds is 5. The van der Waals surface area contributed by atoms with Gasteiger partial charge in [0, 0.05) is 45.7 Å². The van der Waals surface area contributed by atoms with Crippen LogP contribution in [0.3, 0.4) is 0 Å². The summed E-state index contributed by atoms with van der Waals surface area (Å²) < 4.78 is 21.7. The lowest BCUT2D eigenvalue weighted by Gasteiger charge is -2.34. The zero-order valence-corrected chi connectivity index (χ0v) is 15.4. The molecule has 0 aliphatic carbocycles. The van der Waals surface area contributed by atoms with E-state index < -0.39 is 0 Å². The summed E-state index contributed by atoms with van der Waals surface area (Å²) in [7, 11) is 1.78. The first-order chi connectivity index (χ1) is 12.7. The van der Waals surface area contributed by atoms with Crippen molar-refractivity contribution in [2.75, 3.05) is 26.7 Å². The van der Waals surface area contributed by atoms with Crippen molar-refractivity contribution >= 4 is 5.96 Å². The van der Waals surface area contributed by atoms with Crippen LogP contribution in [0.2, 0.25) is 0 Å². The number of nitrogens with one attached hydrogen (secondary N) is 1. The van der Waals surface area contributed by atoms with Crippen molar-refractivity contribution in [3.05, 3.63) is 48.3 Å². The second-order valence-corrected chi connectivity index (χ2v) is 6.30. The molecule has 0 radical (unpaired) electrons. The van der Waals surface area contributed by atoms with Gasteiger partial charge in [-0.25, -0.2) is 9.37 Å². The van der Waals surface area contributed by atoms with Gasteiger partial charge in [0.2, 0.25) is 0 Å². The molecule has 26 heavy (non-hydrogen) atoms. The number of piperidine rings is 1. The van der Waals surface area contributed by atoms with E-state index in [4.69, 9.17) is 4.74 Å². The molecule has 7 heteroatoms. The van der Waals surface area contributed by atoms with Crippen LogP contribution in [0.15, 0.2) is 41.9 Å². The minimum Gasteiger partial charge on any atom is -0.378 e. The van der Waals surface area contributed by atoms with E-state index in [1.807, 2.05) is 13.0 Å². The molecule has 1 aromatic carbocycles. The topological polar surface area (TPSA) is 54.7 Å². The van der Waals surface area contributed by atoms with Crippen LogP contribution >= 0.6 is 0 Å². The van der Waals surface area contributed by atoms with Crippen LogP contribution in [0.1, 0.15) is 25.3 Å². The van der Waals surface area contributed by atoms with Gasteiger partial charge in [0.05, 0.1) is 18.1 Å². The number of guanidine groups is 1. The smallest absolute Gasteiger partial charge is 0.193 e. The minimum absolute atomic E-state index is 0.269. The van der Waals surface area contributed by atoms with Crippen LogP contribution in [-0.4, -0.2) is 53.3 Å². The van der Waals surface area contributed by atoms with Crippen molar-refractivity contribution in [2.45, 2.75) is 32.4 Å². The van der Waals surface area contributed by atoms with E-state index >= 15 is 0 Å². The lowest BCUT2D eigenvalue weighted by molar-refractivity contribution is 0.0263. The average Bonchev–Trinajstić information content (AvgIpc) is 3.18. The third kappa shape index (κ3) is 4.40. The fourth-order valence-corrected chi connectivity index (χ4v) is 3.25. The van der Waals surface area contributed by atoms with Crippen LogP contribution < -0.4 is 5.32 Å². The van der Waals surface area contributed by atoms with Gasteiger partial charge in [-0.3, -0.25) is 4.99 Å². The molecule has 0 unspecified atom stereocenters. The van der Waals surface area contributed by atoms with Gasteiger partial charge in [-0.05, 0) is 37.5 Å². The Labute approximate surface area is 153 Å². The fraction of sp³-hybridized carbons (Fsp3) is 0.474. The van der Waals surface area contributed by atoms with E-state index in [-0.39, 0.29) is 5.82 Å². The summed E-state index contributed by atoms with van der Waals surface area (Å²) in [6.07, 6.45) is 7.30. The maximum Gasteiger partial charge on any atom is 0.193 e. The van der Waals surface area contributed by atoms with E-state index in [0.717, 1.165) is 44.1 Å². The first-order valence-electron chi connectivity index (χ1n) is 9.05. The zero-order chi connectivity index (χ0) is 18.4. The molecule has 3 rings (SSSR count). The molecule has 1 aliphatic rings. The van der Waals surface area contributed by atoms with Crippen LogP contribution in [0.4, 0.5) is 4.39 Å². The Hall–Kier alpha value is -2.41. The SMILES string of the molecule is CCOC1CCN(C(=NC)NCc2ccc(-n3ccnc3)c(F)c2)CC1. The third-order valence-electron chi connectivity index (χ3n) is 4.60. The van der Waals surface area contributed by atoms with Crippen molar-refractivity contribution in [3.63, 3.8) is 0 Å². The summed E-state index contributed by atoms with van der Waals surface area (Å²) in [6, 6.07) is 5.24. The second-order valence-electron chi connectivity index (χ2n) is 6.30. The summed E-state index contributed by atoms with van der Waals surface area (Å²) in [5.74, 6) is 0.578. The van der Waals surface area contributed by atoms with Crippen LogP contribution in [0.25, 0.3) is 5.69 Å².